The molecule has 10 heteroatoms. The minimum atomic E-state index is -4.16. The fraction of sp³-hybridized carbons (Fsp3) is 0.125. The lowest BCUT2D eigenvalue weighted by molar-refractivity contribution is -0.136. The summed E-state index contributed by atoms with van der Waals surface area (Å²) in [7, 11) is -4.16. The fourth-order valence-corrected chi connectivity index (χ4v) is 4.73. The van der Waals surface area contributed by atoms with Gasteiger partial charge in [-0.2, -0.15) is 4.72 Å². The number of aliphatic carboxylic acids is 1. The number of benzene rings is 3. The number of carboxylic acids is 1. The molecule has 0 bridgehead atoms. The number of nitrogens with one attached hydrogen (secondary N) is 1. The summed E-state index contributed by atoms with van der Waals surface area (Å²) in [5, 5.41) is 9.46. The van der Waals surface area contributed by atoms with Crippen LogP contribution in [0.15, 0.2) is 82.7 Å². The lowest BCUT2D eigenvalue weighted by atomic mass is 10.00. The van der Waals surface area contributed by atoms with E-state index in [0.717, 1.165) is 10.5 Å². The summed E-state index contributed by atoms with van der Waals surface area (Å²) in [6, 6.07) is 19.6. The second-order valence-corrected chi connectivity index (χ2v) is 9.49. The smallest absolute Gasteiger partial charge is 0.323 e. The van der Waals surface area contributed by atoms with Crippen molar-refractivity contribution in [2.45, 2.75) is 18.0 Å². The van der Waals surface area contributed by atoms with E-state index in [0.29, 0.717) is 28.2 Å². The van der Waals surface area contributed by atoms with E-state index in [1.807, 2.05) is 6.92 Å². The number of benzodiazepines with no additional fused rings is 1. The van der Waals surface area contributed by atoms with Crippen LogP contribution in [0, 0.1) is 6.92 Å². The van der Waals surface area contributed by atoms with Crippen LogP contribution in [0.3, 0.4) is 0 Å². The maximum atomic E-state index is 13.5. The van der Waals surface area contributed by atoms with Crippen molar-refractivity contribution in [3.8, 4) is 0 Å². The predicted molar refractivity (Wildman–Crippen MR) is 128 cm³/mol. The molecule has 4 N–H and O–H groups in total. The SMILES string of the molecule is Cc1ccc(S(=O)(=O)NC2N=C(c3cccc(N)c3)c3ccccc3N(CC(=O)O)C2=O)cc1. The third-order valence-electron chi connectivity index (χ3n) is 5.26. The first-order valence-electron chi connectivity index (χ1n) is 10.3. The average Bonchev–Trinajstić information content (AvgIpc) is 2.90. The van der Waals surface area contributed by atoms with Gasteiger partial charge in [0, 0.05) is 16.8 Å². The largest absolute Gasteiger partial charge is 0.480 e. The number of anilines is 2. The number of amides is 1. The van der Waals surface area contributed by atoms with Gasteiger partial charge in [-0.1, -0.05) is 48.0 Å². The second kappa shape index (κ2) is 9.08. The van der Waals surface area contributed by atoms with Crippen molar-refractivity contribution in [3.63, 3.8) is 0 Å². The number of carboxylic acid groups (broad SMARTS) is 1. The number of nitrogens with two attached hydrogens (primary N) is 1. The molecular formula is C24H22N4O5S. The predicted octanol–water partition coefficient (Wildman–Crippen LogP) is 2.15. The van der Waals surface area contributed by atoms with Crippen LogP contribution in [-0.2, 0) is 19.6 Å². The van der Waals surface area contributed by atoms with E-state index in [9.17, 15) is 23.1 Å². The second-order valence-electron chi connectivity index (χ2n) is 7.78. The third-order valence-corrected chi connectivity index (χ3v) is 6.69. The Labute approximate surface area is 196 Å². The third kappa shape index (κ3) is 4.68. The van der Waals surface area contributed by atoms with Crippen molar-refractivity contribution in [2.75, 3.05) is 17.2 Å². The minimum absolute atomic E-state index is 0.0434. The van der Waals surface area contributed by atoms with Crippen molar-refractivity contribution in [3.05, 3.63) is 89.5 Å². The lowest BCUT2D eigenvalue weighted by Gasteiger charge is -2.23. The molecule has 9 nitrogen and oxygen atoms in total. The van der Waals surface area contributed by atoms with Crippen molar-refractivity contribution in [1.82, 2.24) is 4.72 Å². The number of hydrogen-bond donors (Lipinski definition) is 3. The van der Waals surface area contributed by atoms with E-state index in [1.54, 1.807) is 60.7 Å². The number of carbonyl (C=O) groups is 2. The molecule has 3 aromatic carbocycles. The molecule has 0 saturated heterocycles. The molecule has 0 spiro atoms. The zero-order valence-corrected chi connectivity index (χ0v) is 19.0. The van der Waals surface area contributed by atoms with Gasteiger partial charge in [-0.25, -0.2) is 8.42 Å². The van der Waals surface area contributed by atoms with Gasteiger partial charge < -0.3 is 10.8 Å². The highest BCUT2D eigenvalue weighted by Gasteiger charge is 2.35. The first kappa shape index (κ1) is 23.1. The van der Waals surface area contributed by atoms with Crippen LogP contribution in [0.25, 0.3) is 0 Å². The Morgan fingerprint density at radius 3 is 2.47 bits per heavy atom. The normalized spacial score (nSPS) is 15.9. The van der Waals surface area contributed by atoms with Crippen LogP contribution in [0.2, 0.25) is 0 Å². The van der Waals surface area contributed by atoms with E-state index in [-0.39, 0.29) is 4.90 Å². The number of aliphatic imine (C=N–C) groups is 1. The fourth-order valence-electron chi connectivity index (χ4n) is 3.65. The molecule has 3 aromatic rings. The zero-order valence-electron chi connectivity index (χ0n) is 18.2. The van der Waals surface area contributed by atoms with E-state index in [4.69, 9.17) is 5.73 Å². The highest BCUT2D eigenvalue weighted by Crippen LogP contribution is 2.29. The number of para-hydroxylation sites is 1. The number of nitrogen functional groups attached to an aromatic ring is 1. The lowest BCUT2D eigenvalue weighted by Crippen LogP contribution is -2.48. The van der Waals surface area contributed by atoms with Crippen LogP contribution in [0.5, 0.6) is 0 Å². The summed E-state index contributed by atoms with van der Waals surface area (Å²) in [4.78, 5) is 30.5. The van der Waals surface area contributed by atoms with Crippen molar-refractivity contribution in [2.24, 2.45) is 4.99 Å². The van der Waals surface area contributed by atoms with E-state index < -0.39 is 34.6 Å². The maximum Gasteiger partial charge on any atom is 0.323 e. The van der Waals surface area contributed by atoms with Gasteiger partial charge in [0.2, 0.25) is 10.0 Å². The number of nitrogens with zero attached hydrogens (tertiary/aromatic N) is 2. The molecule has 34 heavy (non-hydrogen) atoms. The highest BCUT2D eigenvalue weighted by atomic mass is 32.2. The number of aryl methyl sites for hydroxylation is 1. The Bertz CT molecular complexity index is 1400. The Hall–Kier alpha value is -4.02. The van der Waals surface area contributed by atoms with Gasteiger partial charge in [0.25, 0.3) is 5.91 Å². The summed E-state index contributed by atoms with van der Waals surface area (Å²) in [6.45, 7) is 1.15. The van der Waals surface area contributed by atoms with Crippen LogP contribution in [0.1, 0.15) is 16.7 Å². The maximum absolute atomic E-state index is 13.5. The molecule has 1 atom stereocenters. The van der Waals surface area contributed by atoms with E-state index in [1.165, 1.54) is 12.1 Å². The van der Waals surface area contributed by atoms with Gasteiger partial charge in [0.1, 0.15) is 6.54 Å². The monoisotopic (exact) mass is 478 g/mol. The zero-order chi connectivity index (χ0) is 24.5. The average molecular weight is 479 g/mol. The molecule has 0 aromatic heterocycles. The van der Waals surface area contributed by atoms with Gasteiger partial charge in [-0.15, -0.1) is 0 Å². The number of sulfonamides is 1. The molecule has 1 heterocycles. The first-order chi connectivity index (χ1) is 16.2. The van der Waals surface area contributed by atoms with Gasteiger partial charge >= 0.3 is 5.97 Å². The molecule has 4 rings (SSSR count). The molecule has 174 valence electrons. The number of fused-ring (bicyclic) bond motifs is 1. The number of carbonyl (C=O) groups excluding carboxylic acids is 1. The van der Waals surface area contributed by atoms with Crippen molar-refractivity contribution >= 4 is 39.0 Å². The Morgan fingerprint density at radius 2 is 1.79 bits per heavy atom. The van der Waals surface area contributed by atoms with Gasteiger partial charge in [-0.05, 0) is 37.3 Å². The highest BCUT2D eigenvalue weighted by molar-refractivity contribution is 7.89. The molecule has 0 aliphatic carbocycles. The van der Waals surface area contributed by atoms with E-state index in [2.05, 4.69) is 9.71 Å². The summed E-state index contributed by atoms with van der Waals surface area (Å²) in [5.74, 6) is -2.07. The Balaban J connectivity index is 1.88. The minimum Gasteiger partial charge on any atom is -0.480 e. The molecule has 0 fully saturated rings. The first-order valence-corrected chi connectivity index (χ1v) is 11.8. The van der Waals surface area contributed by atoms with Gasteiger partial charge in [-0.3, -0.25) is 19.5 Å². The van der Waals surface area contributed by atoms with Gasteiger partial charge in [0.15, 0.2) is 6.17 Å². The van der Waals surface area contributed by atoms with Crippen LogP contribution in [-0.4, -0.2) is 43.8 Å². The summed E-state index contributed by atoms with van der Waals surface area (Å²) < 4.78 is 28.5. The molecule has 0 saturated carbocycles. The standard InChI is InChI=1S/C24H22N4O5S/c1-15-9-11-18(12-10-15)34(32,33)27-23-24(31)28(14-21(29)30)20-8-3-2-7-19(20)22(26-23)16-5-4-6-17(25)13-16/h2-13,23,27H,14,25H2,1H3,(H,29,30). The van der Waals surface area contributed by atoms with Crippen molar-refractivity contribution in [1.29, 1.82) is 0 Å². The summed E-state index contributed by atoms with van der Waals surface area (Å²) in [5.41, 5.74) is 8.90. The molecule has 1 unspecified atom stereocenters. The Kier molecular flexibility index (Phi) is 6.18. The summed E-state index contributed by atoms with van der Waals surface area (Å²) in [6.07, 6.45) is -1.60. The molecule has 0 radical (unpaired) electrons. The molecule has 1 aliphatic rings. The summed E-state index contributed by atoms with van der Waals surface area (Å²) >= 11 is 0. The quantitative estimate of drug-likeness (QED) is 0.464. The van der Waals surface area contributed by atoms with E-state index >= 15 is 0 Å². The van der Waals surface area contributed by atoms with Gasteiger partial charge in [0.05, 0.1) is 16.3 Å². The van der Waals surface area contributed by atoms with Crippen molar-refractivity contribution < 1.29 is 23.1 Å². The van der Waals surface area contributed by atoms with Crippen LogP contribution >= 0.6 is 0 Å². The molecular weight excluding hydrogens is 456 g/mol. The number of rotatable bonds is 6. The van der Waals surface area contributed by atoms with Crippen LogP contribution in [0.4, 0.5) is 11.4 Å². The molecule has 1 amide bonds. The topological polar surface area (TPSA) is 142 Å². The Morgan fingerprint density at radius 1 is 1.09 bits per heavy atom. The van der Waals surface area contributed by atoms with Crippen LogP contribution < -0.4 is 15.4 Å². The molecule has 1 aliphatic heterocycles. The number of hydrogen-bond acceptors (Lipinski definition) is 6.